The molecule has 0 bridgehead atoms. The highest BCUT2D eigenvalue weighted by atomic mass is 14.9. The summed E-state index contributed by atoms with van der Waals surface area (Å²) in [6.45, 7) is 4.30. The Labute approximate surface area is 130 Å². The molecule has 22 heavy (non-hydrogen) atoms. The third kappa shape index (κ3) is 1.92. The van der Waals surface area contributed by atoms with Crippen molar-refractivity contribution < 1.29 is 0 Å². The van der Waals surface area contributed by atoms with Crippen molar-refractivity contribution in [3.63, 3.8) is 0 Å². The lowest BCUT2D eigenvalue weighted by Crippen LogP contribution is -1.87. The fourth-order valence-corrected chi connectivity index (χ4v) is 3.38. The van der Waals surface area contributed by atoms with Crippen molar-refractivity contribution in [2.75, 3.05) is 0 Å². The van der Waals surface area contributed by atoms with Gasteiger partial charge in [-0.3, -0.25) is 4.98 Å². The van der Waals surface area contributed by atoms with Crippen LogP contribution in [-0.2, 0) is 7.05 Å². The molecule has 0 amide bonds. The molecule has 0 N–H and O–H groups in total. The van der Waals surface area contributed by atoms with Gasteiger partial charge in [-0.15, -0.1) is 0 Å². The van der Waals surface area contributed by atoms with Crippen molar-refractivity contribution in [2.24, 2.45) is 7.05 Å². The molecule has 0 aliphatic rings. The number of nitrogens with zero attached hydrogens (tertiary/aromatic N) is 2. The van der Waals surface area contributed by atoms with Crippen LogP contribution in [0.1, 0.15) is 11.1 Å². The topological polar surface area (TPSA) is 17.8 Å². The van der Waals surface area contributed by atoms with Crippen LogP contribution < -0.4 is 0 Å². The monoisotopic (exact) mass is 286 g/mol. The molecule has 0 aliphatic heterocycles. The van der Waals surface area contributed by atoms with E-state index in [1.165, 1.54) is 44.1 Å². The van der Waals surface area contributed by atoms with Gasteiger partial charge < -0.3 is 4.57 Å². The van der Waals surface area contributed by atoms with Crippen molar-refractivity contribution in [1.29, 1.82) is 0 Å². The van der Waals surface area contributed by atoms with Gasteiger partial charge >= 0.3 is 0 Å². The Balaban J connectivity index is 2.03. The van der Waals surface area contributed by atoms with Crippen molar-refractivity contribution in [3.05, 3.63) is 66.0 Å². The van der Waals surface area contributed by atoms with Gasteiger partial charge in [-0.05, 0) is 43.2 Å². The number of aryl methyl sites for hydroxylation is 3. The summed E-state index contributed by atoms with van der Waals surface area (Å²) < 4.78 is 2.21. The first-order valence-corrected chi connectivity index (χ1v) is 7.54. The molecule has 0 unspecified atom stereocenters. The summed E-state index contributed by atoms with van der Waals surface area (Å²) in [6.07, 6.45) is 3.80. The zero-order valence-corrected chi connectivity index (χ0v) is 13.1. The lowest BCUT2D eigenvalue weighted by atomic mass is 9.99. The van der Waals surface area contributed by atoms with Crippen LogP contribution in [0, 0.1) is 13.8 Å². The predicted octanol–water partition coefficient (Wildman–Crippen LogP) is 5.01. The van der Waals surface area contributed by atoms with Gasteiger partial charge in [-0.1, -0.05) is 35.4 Å². The number of aromatic nitrogens is 2. The third-order valence-corrected chi connectivity index (χ3v) is 4.36. The molecule has 0 atom stereocenters. The fourth-order valence-electron chi connectivity index (χ4n) is 3.38. The lowest BCUT2D eigenvalue weighted by Gasteiger charge is -2.06. The summed E-state index contributed by atoms with van der Waals surface area (Å²) in [4.78, 5) is 4.25. The first kappa shape index (κ1) is 13.1. The van der Waals surface area contributed by atoms with Gasteiger partial charge in [-0.2, -0.15) is 0 Å². The Morgan fingerprint density at radius 2 is 1.55 bits per heavy atom. The molecule has 108 valence electrons. The molecule has 0 radical (unpaired) electrons. The second-order valence-corrected chi connectivity index (χ2v) is 6.06. The summed E-state index contributed by atoms with van der Waals surface area (Å²) in [5, 5.41) is 2.55. The van der Waals surface area contributed by atoms with Crippen molar-refractivity contribution in [2.45, 2.75) is 13.8 Å². The van der Waals surface area contributed by atoms with Crippen molar-refractivity contribution >= 4 is 21.8 Å². The van der Waals surface area contributed by atoms with Crippen LogP contribution in [0.5, 0.6) is 0 Å². The summed E-state index contributed by atoms with van der Waals surface area (Å²) in [7, 11) is 2.10. The Morgan fingerprint density at radius 1 is 0.773 bits per heavy atom. The molecule has 2 heteroatoms. The van der Waals surface area contributed by atoms with E-state index in [0.717, 1.165) is 0 Å². The summed E-state index contributed by atoms with van der Waals surface area (Å²) >= 11 is 0. The fraction of sp³-hybridized carbons (Fsp3) is 0.150. The average Bonchev–Trinajstić information content (AvgIpc) is 2.80. The highest BCUT2D eigenvalue weighted by Gasteiger charge is 2.09. The van der Waals surface area contributed by atoms with E-state index in [4.69, 9.17) is 0 Å². The molecule has 0 fully saturated rings. The Kier molecular flexibility index (Phi) is 2.80. The number of hydrogen-bond donors (Lipinski definition) is 0. The Hall–Kier alpha value is -2.61. The van der Waals surface area contributed by atoms with E-state index in [1.54, 1.807) is 0 Å². The molecular weight excluding hydrogens is 268 g/mol. The van der Waals surface area contributed by atoms with Gasteiger partial charge in [0, 0.05) is 29.5 Å². The lowest BCUT2D eigenvalue weighted by molar-refractivity contribution is 1.01. The van der Waals surface area contributed by atoms with Crippen molar-refractivity contribution in [3.8, 4) is 11.1 Å². The van der Waals surface area contributed by atoms with Gasteiger partial charge in [0.2, 0.25) is 0 Å². The number of fused-ring (bicyclic) bond motifs is 3. The molecule has 2 aromatic heterocycles. The minimum Gasteiger partial charge on any atom is -0.342 e. The zero-order chi connectivity index (χ0) is 15.3. The molecule has 0 spiro atoms. The predicted molar refractivity (Wildman–Crippen MR) is 93.1 cm³/mol. The van der Waals surface area contributed by atoms with Gasteiger partial charge in [0.25, 0.3) is 0 Å². The highest BCUT2D eigenvalue weighted by molar-refractivity contribution is 6.08. The van der Waals surface area contributed by atoms with E-state index in [9.17, 15) is 0 Å². The standard InChI is InChI=1S/C20H18N2/c1-13-8-14(2)10-16(9-13)15-4-5-19-18(11-15)17-6-7-21-12-20(17)22(19)3/h4-12H,1-3H3. The number of pyridine rings is 1. The highest BCUT2D eigenvalue weighted by Crippen LogP contribution is 2.32. The normalized spacial score (nSPS) is 11.4. The van der Waals surface area contributed by atoms with Crippen LogP contribution in [0.2, 0.25) is 0 Å². The maximum Gasteiger partial charge on any atom is 0.0675 e. The van der Waals surface area contributed by atoms with E-state index < -0.39 is 0 Å². The SMILES string of the molecule is Cc1cc(C)cc(-c2ccc3c(c2)c2ccncc2n3C)c1. The van der Waals surface area contributed by atoms with E-state index in [0.29, 0.717) is 0 Å². The first-order chi connectivity index (χ1) is 10.6. The largest absolute Gasteiger partial charge is 0.342 e. The third-order valence-electron chi connectivity index (χ3n) is 4.36. The number of rotatable bonds is 1. The average molecular weight is 286 g/mol. The molecule has 0 saturated carbocycles. The summed E-state index contributed by atoms with van der Waals surface area (Å²) in [5.74, 6) is 0. The van der Waals surface area contributed by atoms with E-state index in [1.807, 2.05) is 12.4 Å². The Morgan fingerprint density at radius 3 is 2.32 bits per heavy atom. The van der Waals surface area contributed by atoms with Crippen LogP contribution in [0.3, 0.4) is 0 Å². The van der Waals surface area contributed by atoms with Crippen LogP contribution in [0.25, 0.3) is 32.9 Å². The molecule has 2 aromatic carbocycles. The second-order valence-electron chi connectivity index (χ2n) is 6.06. The molecule has 2 nitrogen and oxygen atoms in total. The van der Waals surface area contributed by atoms with Gasteiger partial charge in [0.1, 0.15) is 0 Å². The van der Waals surface area contributed by atoms with Crippen molar-refractivity contribution in [1.82, 2.24) is 9.55 Å². The molecule has 2 heterocycles. The Bertz CT molecular complexity index is 989. The van der Waals surface area contributed by atoms with Crippen LogP contribution in [-0.4, -0.2) is 9.55 Å². The van der Waals surface area contributed by atoms with E-state index in [2.05, 4.69) is 72.9 Å². The van der Waals surface area contributed by atoms with Gasteiger partial charge in [0.15, 0.2) is 0 Å². The van der Waals surface area contributed by atoms with Crippen LogP contribution in [0.4, 0.5) is 0 Å². The summed E-state index contributed by atoms with van der Waals surface area (Å²) in [5.41, 5.74) is 7.58. The molecule has 0 aliphatic carbocycles. The van der Waals surface area contributed by atoms with Crippen LogP contribution in [0.15, 0.2) is 54.9 Å². The minimum atomic E-state index is 1.18. The molecule has 4 rings (SSSR count). The quantitative estimate of drug-likeness (QED) is 0.481. The van der Waals surface area contributed by atoms with E-state index in [-0.39, 0.29) is 0 Å². The molecular formula is C20H18N2. The minimum absolute atomic E-state index is 1.18. The molecule has 0 saturated heterocycles. The summed E-state index contributed by atoms with van der Waals surface area (Å²) in [6, 6.07) is 15.5. The second kappa shape index (κ2) is 4.70. The zero-order valence-electron chi connectivity index (χ0n) is 13.1. The van der Waals surface area contributed by atoms with Crippen LogP contribution >= 0.6 is 0 Å². The maximum atomic E-state index is 4.25. The van der Waals surface area contributed by atoms with E-state index >= 15 is 0 Å². The first-order valence-electron chi connectivity index (χ1n) is 7.54. The van der Waals surface area contributed by atoms with Gasteiger partial charge in [-0.25, -0.2) is 0 Å². The smallest absolute Gasteiger partial charge is 0.0675 e. The molecule has 4 aromatic rings. The maximum absolute atomic E-state index is 4.25. The van der Waals surface area contributed by atoms with Gasteiger partial charge in [0.05, 0.1) is 11.7 Å². The number of benzene rings is 2. The number of hydrogen-bond acceptors (Lipinski definition) is 1.